The van der Waals surface area contributed by atoms with Crippen molar-refractivity contribution < 1.29 is 14.0 Å². The molecule has 1 fully saturated rings. The molecule has 0 unspecified atom stereocenters. The zero-order valence-electron chi connectivity index (χ0n) is 15.8. The van der Waals surface area contributed by atoms with Gasteiger partial charge in [-0.15, -0.1) is 5.10 Å². The number of carbonyl (C=O) groups is 2. The Morgan fingerprint density at radius 1 is 1.17 bits per heavy atom. The second-order valence-corrected chi connectivity index (χ2v) is 8.08. The Hall–Kier alpha value is -2.84. The fraction of sp³-hybridized carbons (Fsp3) is 0.238. The Labute approximate surface area is 181 Å². The van der Waals surface area contributed by atoms with E-state index in [1.54, 1.807) is 46.7 Å². The molecule has 6 nitrogen and oxygen atoms in total. The van der Waals surface area contributed by atoms with Crippen molar-refractivity contribution >= 4 is 34.9 Å². The van der Waals surface area contributed by atoms with E-state index >= 15 is 0 Å². The Kier molecular flexibility index (Phi) is 6.06. The molecule has 3 aromatic rings. The Balaban J connectivity index is 1.62. The monoisotopic (exact) mass is 444 g/mol. The average Bonchev–Trinajstić information content (AvgIpc) is 3.43. The van der Waals surface area contributed by atoms with Crippen LogP contribution in [0.2, 0.25) is 5.02 Å². The molecule has 1 N–H and O–H groups in total. The van der Waals surface area contributed by atoms with Gasteiger partial charge in [-0.1, -0.05) is 40.4 Å². The molecule has 4 rings (SSSR count). The van der Waals surface area contributed by atoms with Crippen LogP contribution in [0.15, 0.2) is 53.9 Å². The molecule has 1 aliphatic rings. The van der Waals surface area contributed by atoms with E-state index in [2.05, 4.69) is 14.9 Å². The third-order valence-electron chi connectivity index (χ3n) is 4.85. The number of halogens is 2. The molecule has 1 aromatic heterocycles. The highest BCUT2D eigenvalue weighted by Crippen LogP contribution is 2.36. The molecule has 1 atom stereocenters. The first-order valence-electron chi connectivity index (χ1n) is 9.40. The molecule has 0 bridgehead atoms. The first-order valence-corrected chi connectivity index (χ1v) is 10.6. The fourth-order valence-electron chi connectivity index (χ4n) is 3.21. The largest absolute Gasteiger partial charge is 0.350 e. The molecule has 1 saturated carbocycles. The number of carbonyl (C=O) groups excluding carboxylic acids is 2. The highest BCUT2D eigenvalue weighted by Gasteiger charge is 2.42. The maximum atomic E-state index is 13.3. The number of amides is 2. The van der Waals surface area contributed by atoms with Crippen molar-refractivity contribution in [1.82, 2.24) is 19.8 Å². The minimum Gasteiger partial charge on any atom is -0.350 e. The predicted molar refractivity (Wildman–Crippen MR) is 112 cm³/mol. The van der Waals surface area contributed by atoms with Gasteiger partial charge in [-0.25, -0.2) is 4.39 Å². The van der Waals surface area contributed by atoms with Crippen LogP contribution < -0.4 is 5.32 Å². The molecule has 0 radical (unpaired) electrons. The Morgan fingerprint density at radius 2 is 1.87 bits per heavy atom. The van der Waals surface area contributed by atoms with Gasteiger partial charge >= 0.3 is 0 Å². The summed E-state index contributed by atoms with van der Waals surface area (Å²) in [6.07, 6.45) is 1.64. The zero-order chi connectivity index (χ0) is 21.1. The first-order chi connectivity index (χ1) is 14.5. The number of hydrogen-bond acceptors (Lipinski definition) is 5. The molecule has 0 aliphatic heterocycles. The molecule has 1 heterocycles. The summed E-state index contributed by atoms with van der Waals surface area (Å²) in [6.45, 7) is 0.216. The molecule has 30 heavy (non-hydrogen) atoms. The van der Waals surface area contributed by atoms with Crippen LogP contribution in [0.25, 0.3) is 0 Å². The van der Waals surface area contributed by atoms with E-state index in [1.165, 1.54) is 12.1 Å². The van der Waals surface area contributed by atoms with Crippen LogP contribution in [0.3, 0.4) is 0 Å². The van der Waals surface area contributed by atoms with Gasteiger partial charge in [0.1, 0.15) is 11.9 Å². The molecular formula is C21H18ClFN4O2S. The second-order valence-electron chi connectivity index (χ2n) is 7.03. The molecule has 1 aliphatic carbocycles. The number of rotatable bonds is 7. The average molecular weight is 445 g/mol. The van der Waals surface area contributed by atoms with Crippen molar-refractivity contribution in [3.63, 3.8) is 0 Å². The van der Waals surface area contributed by atoms with E-state index in [9.17, 15) is 14.0 Å². The summed E-state index contributed by atoms with van der Waals surface area (Å²) < 4.78 is 16.9. The lowest BCUT2D eigenvalue weighted by molar-refractivity contribution is -0.126. The summed E-state index contributed by atoms with van der Waals surface area (Å²) in [7, 11) is 0. The van der Waals surface area contributed by atoms with Gasteiger partial charge in [-0.3, -0.25) is 9.59 Å². The number of hydrogen-bond donors (Lipinski definition) is 1. The zero-order valence-corrected chi connectivity index (χ0v) is 17.4. The Morgan fingerprint density at radius 3 is 2.47 bits per heavy atom. The van der Waals surface area contributed by atoms with Crippen molar-refractivity contribution in [2.24, 2.45) is 0 Å². The van der Waals surface area contributed by atoms with Crippen molar-refractivity contribution in [1.29, 1.82) is 0 Å². The molecule has 0 saturated heterocycles. The van der Waals surface area contributed by atoms with Crippen LogP contribution in [0.4, 0.5) is 4.39 Å². The van der Waals surface area contributed by atoms with Gasteiger partial charge < -0.3 is 10.2 Å². The normalized spacial score (nSPS) is 14.2. The van der Waals surface area contributed by atoms with E-state index in [-0.39, 0.29) is 35.9 Å². The number of nitrogens with one attached hydrogen (secondary N) is 1. The minimum absolute atomic E-state index is 0.0450. The number of aromatic nitrogens is 2. The minimum atomic E-state index is -0.843. The van der Waals surface area contributed by atoms with Gasteiger partial charge in [0, 0.05) is 23.0 Å². The van der Waals surface area contributed by atoms with Gasteiger partial charge in [-0.2, -0.15) is 0 Å². The van der Waals surface area contributed by atoms with Crippen molar-refractivity contribution in [3.05, 3.63) is 81.6 Å². The van der Waals surface area contributed by atoms with E-state index in [0.29, 0.717) is 10.6 Å². The predicted octanol–water partition coefficient (Wildman–Crippen LogP) is 3.99. The third kappa shape index (κ3) is 4.66. The SMILES string of the molecule is O=C(NCc1ccc(F)cc1)[C@H](c1ccc(Cl)cc1)N(C(=O)c1csnn1)C1CC1. The standard InChI is InChI=1S/C21H18ClFN4O2S/c22-15-5-3-14(4-6-15)19(20(28)24-11-13-1-7-16(23)8-2-13)27(17-9-10-17)21(29)18-12-30-26-25-18/h1-8,12,17,19H,9-11H2,(H,24,28)/t19-/m0/s1. The van der Waals surface area contributed by atoms with Crippen LogP contribution in [-0.4, -0.2) is 32.3 Å². The van der Waals surface area contributed by atoms with Crippen molar-refractivity contribution in [2.45, 2.75) is 31.5 Å². The highest BCUT2D eigenvalue weighted by molar-refractivity contribution is 7.03. The van der Waals surface area contributed by atoms with E-state index in [1.807, 2.05) is 0 Å². The van der Waals surface area contributed by atoms with Crippen molar-refractivity contribution in [2.75, 3.05) is 0 Å². The van der Waals surface area contributed by atoms with Crippen LogP contribution in [-0.2, 0) is 11.3 Å². The lowest BCUT2D eigenvalue weighted by Crippen LogP contribution is -2.45. The summed E-state index contributed by atoms with van der Waals surface area (Å²) in [4.78, 5) is 28.0. The van der Waals surface area contributed by atoms with Gasteiger partial charge in [-0.05, 0) is 59.8 Å². The van der Waals surface area contributed by atoms with E-state index in [4.69, 9.17) is 11.6 Å². The molecule has 2 amide bonds. The van der Waals surface area contributed by atoms with E-state index < -0.39 is 6.04 Å². The highest BCUT2D eigenvalue weighted by atomic mass is 35.5. The van der Waals surface area contributed by atoms with Gasteiger partial charge in [0.15, 0.2) is 5.69 Å². The lowest BCUT2D eigenvalue weighted by atomic mass is 10.0. The maximum absolute atomic E-state index is 13.3. The molecule has 154 valence electrons. The van der Waals surface area contributed by atoms with Crippen LogP contribution >= 0.6 is 23.1 Å². The molecule has 2 aromatic carbocycles. The maximum Gasteiger partial charge on any atom is 0.276 e. The molecular weight excluding hydrogens is 427 g/mol. The van der Waals surface area contributed by atoms with E-state index in [0.717, 1.165) is 29.9 Å². The second kappa shape index (κ2) is 8.89. The van der Waals surface area contributed by atoms with Crippen LogP contribution in [0, 0.1) is 5.82 Å². The quantitative estimate of drug-likeness (QED) is 0.597. The summed E-state index contributed by atoms with van der Waals surface area (Å²) in [5.74, 6) is -1.00. The van der Waals surface area contributed by atoms with Crippen LogP contribution in [0.5, 0.6) is 0 Å². The Bertz CT molecular complexity index is 1020. The summed E-state index contributed by atoms with van der Waals surface area (Å²) >= 11 is 7.11. The number of nitrogens with zero attached hydrogens (tertiary/aromatic N) is 3. The van der Waals surface area contributed by atoms with Crippen molar-refractivity contribution in [3.8, 4) is 0 Å². The lowest BCUT2D eigenvalue weighted by Gasteiger charge is -2.31. The van der Waals surface area contributed by atoms with Crippen LogP contribution in [0.1, 0.15) is 40.5 Å². The third-order valence-corrected chi connectivity index (χ3v) is 5.60. The summed E-state index contributed by atoms with van der Waals surface area (Å²) in [6, 6.07) is 11.9. The smallest absolute Gasteiger partial charge is 0.276 e. The summed E-state index contributed by atoms with van der Waals surface area (Å²) in [5.41, 5.74) is 1.63. The van der Waals surface area contributed by atoms with Gasteiger partial charge in [0.05, 0.1) is 0 Å². The van der Waals surface area contributed by atoms with Gasteiger partial charge in [0.2, 0.25) is 5.91 Å². The molecule has 9 heteroatoms. The summed E-state index contributed by atoms with van der Waals surface area (Å²) in [5, 5.41) is 8.88. The first kappa shape index (κ1) is 20.4. The number of benzene rings is 2. The topological polar surface area (TPSA) is 75.2 Å². The molecule has 0 spiro atoms. The van der Waals surface area contributed by atoms with Gasteiger partial charge in [0.25, 0.3) is 5.91 Å². The fourth-order valence-corrected chi connectivity index (χ4v) is 3.76.